The van der Waals surface area contributed by atoms with Crippen LogP contribution in [0.2, 0.25) is 5.02 Å². The minimum Gasteiger partial charge on any atom is -0.477 e. The van der Waals surface area contributed by atoms with Crippen molar-refractivity contribution < 1.29 is 27.5 Å². The average molecular weight is 471 g/mol. The first-order valence-corrected chi connectivity index (χ1v) is 10.3. The first-order valence-electron chi connectivity index (χ1n) is 9.95. The van der Waals surface area contributed by atoms with Gasteiger partial charge in [0.05, 0.1) is 23.7 Å². The molecule has 2 aromatic rings. The summed E-state index contributed by atoms with van der Waals surface area (Å²) in [5.74, 6) is -0.374. The van der Waals surface area contributed by atoms with Gasteiger partial charge in [0.15, 0.2) is 0 Å². The number of amides is 2. The number of aromatic nitrogens is 1. The van der Waals surface area contributed by atoms with Crippen LogP contribution in [0.5, 0.6) is 5.88 Å². The molecule has 0 atom stereocenters. The first kappa shape index (κ1) is 23.8. The van der Waals surface area contributed by atoms with Gasteiger partial charge in [0, 0.05) is 38.1 Å². The number of hydrogen-bond donors (Lipinski definition) is 1. The minimum atomic E-state index is -4.61. The number of carbonyl (C=O) groups excluding carboxylic acids is 2. The van der Waals surface area contributed by atoms with Gasteiger partial charge in [0.2, 0.25) is 11.8 Å². The van der Waals surface area contributed by atoms with E-state index in [-0.39, 0.29) is 24.0 Å². The largest absolute Gasteiger partial charge is 0.477 e. The third kappa shape index (κ3) is 5.89. The van der Waals surface area contributed by atoms with E-state index in [1.54, 1.807) is 30.2 Å². The number of anilines is 1. The van der Waals surface area contributed by atoms with Crippen LogP contribution in [-0.4, -0.2) is 65.9 Å². The lowest BCUT2D eigenvalue weighted by molar-refractivity contribution is -0.137. The minimum absolute atomic E-state index is 0.0108. The lowest BCUT2D eigenvalue weighted by Gasteiger charge is -2.34. The van der Waals surface area contributed by atoms with E-state index in [0.29, 0.717) is 38.3 Å². The van der Waals surface area contributed by atoms with Crippen LogP contribution >= 0.6 is 11.6 Å². The van der Waals surface area contributed by atoms with Crippen molar-refractivity contribution in [2.45, 2.75) is 13.1 Å². The Labute approximate surface area is 188 Å². The predicted octanol–water partition coefficient (Wildman–Crippen LogP) is 3.55. The molecule has 0 bridgehead atoms. The maximum Gasteiger partial charge on any atom is 0.417 e. The Bertz CT molecular complexity index is 979. The lowest BCUT2D eigenvalue weighted by Crippen LogP contribution is -2.50. The quantitative estimate of drug-likeness (QED) is 0.699. The van der Waals surface area contributed by atoms with Gasteiger partial charge in [0.1, 0.15) is 5.56 Å². The van der Waals surface area contributed by atoms with Crippen LogP contribution in [0.25, 0.3) is 0 Å². The van der Waals surface area contributed by atoms with Gasteiger partial charge in [-0.3, -0.25) is 14.5 Å². The molecule has 172 valence electrons. The second-order valence-electron chi connectivity index (χ2n) is 7.10. The van der Waals surface area contributed by atoms with E-state index in [2.05, 4.69) is 10.3 Å². The summed E-state index contributed by atoms with van der Waals surface area (Å²) in [6.45, 7) is 3.86. The number of carbonyl (C=O) groups is 2. The molecule has 1 aliphatic heterocycles. The molecular formula is C21H22ClF3N4O3. The van der Waals surface area contributed by atoms with Crippen LogP contribution in [-0.2, 0) is 11.0 Å². The Hall–Kier alpha value is -2.85. The molecule has 2 heterocycles. The summed E-state index contributed by atoms with van der Waals surface area (Å²) in [5, 5.41) is 2.03. The van der Waals surface area contributed by atoms with Gasteiger partial charge >= 0.3 is 6.18 Å². The van der Waals surface area contributed by atoms with Crippen molar-refractivity contribution >= 4 is 29.1 Å². The van der Waals surface area contributed by atoms with E-state index in [1.165, 1.54) is 6.07 Å². The fourth-order valence-electron chi connectivity index (χ4n) is 3.31. The van der Waals surface area contributed by atoms with E-state index in [4.69, 9.17) is 16.3 Å². The summed E-state index contributed by atoms with van der Waals surface area (Å²) in [6, 6.07) is 6.54. The lowest BCUT2D eigenvalue weighted by atomic mass is 10.2. The summed E-state index contributed by atoms with van der Waals surface area (Å²) in [6.07, 6.45) is -3.06. The number of halogens is 4. The van der Waals surface area contributed by atoms with Crippen LogP contribution in [0.4, 0.5) is 18.9 Å². The fourth-order valence-corrected chi connectivity index (χ4v) is 3.53. The molecule has 1 saturated heterocycles. The molecule has 0 saturated carbocycles. The number of nitrogens with zero attached hydrogens (tertiary/aromatic N) is 3. The number of piperazine rings is 1. The van der Waals surface area contributed by atoms with Gasteiger partial charge in [-0.1, -0.05) is 11.6 Å². The van der Waals surface area contributed by atoms with E-state index < -0.39 is 22.7 Å². The van der Waals surface area contributed by atoms with Crippen LogP contribution in [0.3, 0.4) is 0 Å². The summed E-state index contributed by atoms with van der Waals surface area (Å²) < 4.78 is 44.4. The van der Waals surface area contributed by atoms with Crippen LogP contribution in [0.15, 0.2) is 36.5 Å². The molecule has 11 heteroatoms. The highest BCUT2D eigenvalue weighted by Crippen LogP contribution is 2.36. The Balaban J connectivity index is 1.54. The van der Waals surface area contributed by atoms with Gasteiger partial charge in [-0.25, -0.2) is 4.98 Å². The second-order valence-corrected chi connectivity index (χ2v) is 7.51. The Morgan fingerprint density at radius 1 is 1.19 bits per heavy atom. The van der Waals surface area contributed by atoms with Crippen LogP contribution in [0, 0.1) is 0 Å². The van der Waals surface area contributed by atoms with Gasteiger partial charge in [0.25, 0.3) is 5.91 Å². The van der Waals surface area contributed by atoms with Crippen molar-refractivity contribution in [3.05, 3.63) is 52.7 Å². The van der Waals surface area contributed by atoms with Crippen molar-refractivity contribution in [3.8, 4) is 5.88 Å². The third-order valence-electron chi connectivity index (χ3n) is 4.86. The zero-order valence-electron chi connectivity index (χ0n) is 17.3. The summed E-state index contributed by atoms with van der Waals surface area (Å²) >= 11 is 5.60. The van der Waals surface area contributed by atoms with Crippen molar-refractivity contribution in [2.75, 3.05) is 44.6 Å². The summed E-state index contributed by atoms with van der Waals surface area (Å²) in [5.41, 5.74) is -0.616. The molecule has 1 fully saturated rings. The molecule has 0 radical (unpaired) electrons. The number of ether oxygens (including phenoxy) is 1. The molecule has 3 rings (SSSR count). The van der Waals surface area contributed by atoms with E-state index in [0.717, 1.165) is 12.1 Å². The number of hydrogen-bond acceptors (Lipinski definition) is 5. The van der Waals surface area contributed by atoms with E-state index in [9.17, 15) is 22.8 Å². The van der Waals surface area contributed by atoms with Crippen LogP contribution in [0.1, 0.15) is 22.8 Å². The average Bonchev–Trinajstić information content (AvgIpc) is 2.75. The predicted molar refractivity (Wildman–Crippen MR) is 113 cm³/mol. The molecule has 0 aliphatic carbocycles. The molecule has 1 N–H and O–H groups in total. The van der Waals surface area contributed by atoms with Crippen molar-refractivity contribution in [1.82, 2.24) is 14.8 Å². The molecule has 7 nitrogen and oxygen atoms in total. The zero-order valence-corrected chi connectivity index (χ0v) is 18.0. The molecule has 0 unspecified atom stereocenters. The number of pyridine rings is 1. The fraction of sp³-hybridized carbons (Fsp3) is 0.381. The highest BCUT2D eigenvalue weighted by atomic mass is 35.5. The maximum absolute atomic E-state index is 13.0. The number of benzene rings is 1. The molecular weight excluding hydrogens is 449 g/mol. The van der Waals surface area contributed by atoms with E-state index >= 15 is 0 Å². The summed E-state index contributed by atoms with van der Waals surface area (Å²) in [7, 11) is 0. The Kier molecular flexibility index (Phi) is 7.57. The van der Waals surface area contributed by atoms with Crippen LogP contribution < -0.4 is 10.1 Å². The molecule has 1 aliphatic rings. The van der Waals surface area contributed by atoms with Crippen molar-refractivity contribution in [1.29, 1.82) is 0 Å². The molecule has 32 heavy (non-hydrogen) atoms. The maximum atomic E-state index is 13.0. The zero-order chi connectivity index (χ0) is 23.3. The number of rotatable bonds is 6. The summed E-state index contributed by atoms with van der Waals surface area (Å²) in [4.78, 5) is 32.7. The van der Waals surface area contributed by atoms with E-state index in [1.807, 2.05) is 4.90 Å². The SMILES string of the molecule is CCOc1ncccc1C(=O)N1CCN(CC(=O)Nc2ccc(Cl)c(C(F)(F)F)c2)CC1. The topological polar surface area (TPSA) is 74.8 Å². The van der Waals surface area contributed by atoms with Gasteiger partial charge < -0.3 is 15.0 Å². The smallest absolute Gasteiger partial charge is 0.417 e. The molecule has 0 spiro atoms. The highest BCUT2D eigenvalue weighted by molar-refractivity contribution is 6.31. The molecule has 1 aromatic heterocycles. The van der Waals surface area contributed by atoms with Crippen molar-refractivity contribution in [3.63, 3.8) is 0 Å². The monoisotopic (exact) mass is 470 g/mol. The normalized spacial score (nSPS) is 14.8. The molecule has 1 aromatic carbocycles. The Morgan fingerprint density at radius 3 is 2.56 bits per heavy atom. The van der Waals surface area contributed by atoms with Crippen molar-refractivity contribution in [2.24, 2.45) is 0 Å². The third-order valence-corrected chi connectivity index (χ3v) is 5.19. The molecule has 2 amide bonds. The van der Waals surface area contributed by atoms with Gasteiger partial charge in [-0.2, -0.15) is 13.2 Å². The Morgan fingerprint density at radius 2 is 1.91 bits per heavy atom. The van der Waals surface area contributed by atoms with Gasteiger partial charge in [-0.15, -0.1) is 0 Å². The highest BCUT2D eigenvalue weighted by Gasteiger charge is 2.33. The number of alkyl halides is 3. The number of nitrogens with one attached hydrogen (secondary N) is 1. The standard InChI is InChI=1S/C21H22ClF3N4O3/c1-2-32-19-15(4-3-7-26-19)20(31)29-10-8-28(9-11-29)13-18(30)27-14-5-6-17(22)16(12-14)21(23,24)25/h3-7,12H,2,8-11,13H2,1H3,(H,27,30). The van der Waals surface area contributed by atoms with Gasteiger partial charge in [-0.05, 0) is 37.3 Å². The first-order chi connectivity index (χ1) is 15.2. The second kappa shape index (κ2) is 10.2.